The monoisotopic (exact) mass is 205 g/mol. The van der Waals surface area contributed by atoms with Gasteiger partial charge < -0.3 is 0 Å². The van der Waals surface area contributed by atoms with E-state index < -0.39 is 0 Å². The molecule has 1 nitrogen and oxygen atoms in total. The van der Waals surface area contributed by atoms with Crippen LogP contribution in [0.25, 0.3) is 5.03 Å². The highest BCUT2D eigenvalue weighted by Crippen LogP contribution is 2.24. The van der Waals surface area contributed by atoms with Crippen LogP contribution in [0.1, 0.15) is 24.5 Å². The predicted octanol–water partition coefficient (Wildman–Crippen LogP) is 3.88. The Labute approximate surface area is 89.6 Å². The van der Waals surface area contributed by atoms with E-state index in [-0.39, 0.29) is 0 Å². The van der Waals surface area contributed by atoms with Gasteiger partial charge in [0.2, 0.25) is 0 Å². The lowest BCUT2D eigenvalue weighted by Crippen LogP contribution is -1.84. The Kier molecular flexibility index (Phi) is 3.73. The molecule has 0 aliphatic carbocycles. The molecule has 0 aliphatic rings. The van der Waals surface area contributed by atoms with Crippen molar-refractivity contribution in [3.8, 4) is 6.07 Å². The van der Waals surface area contributed by atoms with Crippen molar-refractivity contribution in [3.63, 3.8) is 0 Å². The SMILES string of the molecule is CCC(C#N)=C(Cl)c1cccc(C)c1. The second kappa shape index (κ2) is 4.83. The van der Waals surface area contributed by atoms with E-state index in [2.05, 4.69) is 6.07 Å². The summed E-state index contributed by atoms with van der Waals surface area (Å²) in [4.78, 5) is 0. The van der Waals surface area contributed by atoms with Gasteiger partial charge in [-0.15, -0.1) is 0 Å². The largest absolute Gasteiger partial charge is 0.193 e. The Hall–Kier alpha value is -1.26. The van der Waals surface area contributed by atoms with Gasteiger partial charge in [0.05, 0.1) is 11.1 Å². The number of nitriles is 1. The topological polar surface area (TPSA) is 23.8 Å². The minimum absolute atomic E-state index is 0.568. The van der Waals surface area contributed by atoms with Gasteiger partial charge in [-0.3, -0.25) is 0 Å². The summed E-state index contributed by atoms with van der Waals surface area (Å²) in [6.07, 6.45) is 0.670. The standard InChI is InChI=1S/C12H12ClN/c1-3-10(8-14)12(13)11-6-4-5-9(2)7-11/h4-7H,3H2,1-2H3. The molecular formula is C12H12ClN. The molecule has 0 spiro atoms. The van der Waals surface area contributed by atoms with Crippen LogP contribution in [0.5, 0.6) is 0 Å². The van der Waals surface area contributed by atoms with Crippen LogP contribution < -0.4 is 0 Å². The maximum Gasteiger partial charge on any atom is 0.0962 e. The summed E-state index contributed by atoms with van der Waals surface area (Å²) in [7, 11) is 0. The van der Waals surface area contributed by atoms with Crippen LogP contribution in [-0.2, 0) is 0 Å². The molecule has 0 heterocycles. The van der Waals surface area contributed by atoms with E-state index in [1.165, 1.54) is 0 Å². The van der Waals surface area contributed by atoms with Crippen molar-refractivity contribution >= 4 is 16.6 Å². The van der Waals surface area contributed by atoms with Crippen molar-refractivity contribution in [1.82, 2.24) is 0 Å². The Morgan fingerprint density at radius 1 is 1.50 bits per heavy atom. The van der Waals surface area contributed by atoms with Crippen molar-refractivity contribution < 1.29 is 0 Å². The lowest BCUT2D eigenvalue weighted by atomic mass is 10.1. The summed E-state index contributed by atoms with van der Waals surface area (Å²) >= 11 is 6.10. The van der Waals surface area contributed by atoms with Crippen molar-refractivity contribution in [2.75, 3.05) is 0 Å². The van der Waals surface area contributed by atoms with Gasteiger partial charge >= 0.3 is 0 Å². The fourth-order valence-electron chi connectivity index (χ4n) is 1.24. The molecule has 0 atom stereocenters. The fraction of sp³-hybridized carbons (Fsp3) is 0.250. The van der Waals surface area contributed by atoms with Gasteiger partial charge in [0.15, 0.2) is 0 Å². The van der Waals surface area contributed by atoms with Gasteiger partial charge in [-0.25, -0.2) is 0 Å². The Balaban J connectivity index is 3.18. The quantitative estimate of drug-likeness (QED) is 0.673. The van der Waals surface area contributed by atoms with E-state index in [1.807, 2.05) is 38.1 Å². The molecule has 1 aromatic carbocycles. The Morgan fingerprint density at radius 3 is 2.71 bits per heavy atom. The molecular weight excluding hydrogens is 194 g/mol. The van der Waals surface area contributed by atoms with Gasteiger partial charge in [-0.05, 0) is 18.9 Å². The first-order valence-electron chi connectivity index (χ1n) is 4.54. The molecule has 0 bridgehead atoms. The number of hydrogen-bond donors (Lipinski definition) is 0. The van der Waals surface area contributed by atoms with Crippen LogP contribution in [0.15, 0.2) is 29.8 Å². The average Bonchev–Trinajstić information content (AvgIpc) is 2.19. The normalized spacial score (nSPS) is 11.9. The minimum Gasteiger partial charge on any atom is -0.193 e. The Morgan fingerprint density at radius 2 is 2.21 bits per heavy atom. The molecule has 0 N–H and O–H groups in total. The number of allylic oxidation sites excluding steroid dienone is 1. The minimum atomic E-state index is 0.568. The zero-order valence-corrected chi connectivity index (χ0v) is 9.10. The van der Waals surface area contributed by atoms with E-state index in [1.54, 1.807) is 0 Å². The molecule has 1 aromatic rings. The summed E-state index contributed by atoms with van der Waals surface area (Å²) in [5.74, 6) is 0. The molecule has 1 rings (SSSR count). The van der Waals surface area contributed by atoms with E-state index in [4.69, 9.17) is 16.9 Å². The van der Waals surface area contributed by atoms with E-state index in [9.17, 15) is 0 Å². The first-order valence-corrected chi connectivity index (χ1v) is 4.92. The third kappa shape index (κ3) is 2.37. The van der Waals surface area contributed by atoms with Crippen molar-refractivity contribution in [3.05, 3.63) is 41.0 Å². The molecule has 0 aromatic heterocycles. The first kappa shape index (κ1) is 10.8. The smallest absolute Gasteiger partial charge is 0.0962 e. The molecule has 0 saturated heterocycles. The van der Waals surface area contributed by atoms with Crippen molar-refractivity contribution in [2.45, 2.75) is 20.3 Å². The molecule has 14 heavy (non-hydrogen) atoms. The molecule has 0 saturated carbocycles. The summed E-state index contributed by atoms with van der Waals surface area (Å²) in [6, 6.07) is 9.97. The second-order valence-electron chi connectivity index (χ2n) is 3.13. The number of benzene rings is 1. The maximum absolute atomic E-state index is 8.83. The van der Waals surface area contributed by atoms with Crippen LogP contribution >= 0.6 is 11.6 Å². The van der Waals surface area contributed by atoms with Crippen molar-refractivity contribution in [2.24, 2.45) is 0 Å². The van der Waals surface area contributed by atoms with E-state index in [0.717, 1.165) is 11.1 Å². The van der Waals surface area contributed by atoms with Crippen LogP contribution in [0.2, 0.25) is 0 Å². The number of hydrogen-bond acceptors (Lipinski definition) is 1. The van der Waals surface area contributed by atoms with Gasteiger partial charge in [-0.1, -0.05) is 48.4 Å². The van der Waals surface area contributed by atoms with Gasteiger partial charge in [0.1, 0.15) is 0 Å². The van der Waals surface area contributed by atoms with Crippen LogP contribution in [0, 0.1) is 18.3 Å². The van der Waals surface area contributed by atoms with Gasteiger partial charge in [0.25, 0.3) is 0 Å². The molecule has 0 aliphatic heterocycles. The lowest BCUT2D eigenvalue weighted by molar-refractivity contribution is 1.16. The zero-order valence-electron chi connectivity index (χ0n) is 8.34. The van der Waals surface area contributed by atoms with Crippen LogP contribution in [0.3, 0.4) is 0 Å². The molecule has 0 fully saturated rings. The number of rotatable bonds is 2. The molecule has 0 unspecified atom stereocenters. The van der Waals surface area contributed by atoms with Crippen molar-refractivity contribution in [1.29, 1.82) is 5.26 Å². The highest BCUT2D eigenvalue weighted by atomic mass is 35.5. The summed E-state index contributed by atoms with van der Waals surface area (Å²) < 4.78 is 0. The highest BCUT2D eigenvalue weighted by molar-refractivity contribution is 6.49. The summed E-state index contributed by atoms with van der Waals surface area (Å²) in [5.41, 5.74) is 2.70. The number of halogens is 1. The maximum atomic E-state index is 8.83. The zero-order chi connectivity index (χ0) is 10.6. The molecule has 0 radical (unpaired) electrons. The molecule has 2 heteroatoms. The summed E-state index contributed by atoms with van der Waals surface area (Å²) in [5, 5.41) is 9.40. The van der Waals surface area contributed by atoms with E-state index in [0.29, 0.717) is 17.0 Å². The predicted molar refractivity (Wildman–Crippen MR) is 59.9 cm³/mol. The Bertz CT molecular complexity index is 399. The lowest BCUT2D eigenvalue weighted by Gasteiger charge is -2.02. The number of nitrogens with zero attached hydrogens (tertiary/aromatic N) is 1. The molecule has 72 valence electrons. The molecule has 0 amide bonds. The fourth-order valence-corrected chi connectivity index (χ4v) is 1.53. The van der Waals surface area contributed by atoms with E-state index >= 15 is 0 Å². The average molecular weight is 206 g/mol. The summed E-state index contributed by atoms with van der Waals surface area (Å²) in [6.45, 7) is 3.93. The second-order valence-corrected chi connectivity index (χ2v) is 3.51. The number of aryl methyl sites for hydroxylation is 1. The van der Waals surface area contributed by atoms with Gasteiger partial charge in [-0.2, -0.15) is 5.26 Å². The van der Waals surface area contributed by atoms with Crippen LogP contribution in [-0.4, -0.2) is 0 Å². The van der Waals surface area contributed by atoms with Crippen LogP contribution in [0.4, 0.5) is 0 Å². The third-order valence-corrected chi connectivity index (χ3v) is 2.47. The van der Waals surface area contributed by atoms with Gasteiger partial charge in [0, 0.05) is 5.57 Å². The first-order chi connectivity index (χ1) is 6.69. The highest BCUT2D eigenvalue weighted by Gasteiger charge is 2.04. The third-order valence-electron chi connectivity index (χ3n) is 2.02.